The summed E-state index contributed by atoms with van der Waals surface area (Å²) >= 11 is 0. The van der Waals surface area contributed by atoms with E-state index >= 15 is 0 Å². The molecule has 1 heterocycles. The van der Waals surface area contributed by atoms with Crippen LogP contribution in [0.5, 0.6) is 0 Å². The van der Waals surface area contributed by atoms with E-state index in [2.05, 4.69) is 5.32 Å². The Morgan fingerprint density at radius 2 is 2.00 bits per heavy atom. The normalized spacial score (nSPS) is 15.8. The molecule has 2 aromatic carbocycles. The Kier molecular flexibility index (Phi) is 3.71. The molecule has 0 aromatic heterocycles. The Bertz CT molecular complexity index is 684. The molecule has 1 aliphatic rings. The Hall–Kier alpha value is -2.20. The minimum atomic E-state index is -1.08. The van der Waals surface area contributed by atoms with Crippen molar-refractivity contribution < 1.29 is 14.3 Å². The third kappa shape index (κ3) is 2.67. The second-order valence-electron chi connectivity index (χ2n) is 5.20. The standard InChI is InChI=1S/C17H16FNO2/c18-15-6-2-1-5-13(15)16(20)12-8-7-11-4-3-9-19-17(21)14(11)10-12/h1-2,5-8,10,16,20H,3-4,9H2,(H,19,21). The molecule has 2 N–H and O–H groups in total. The van der Waals surface area contributed by atoms with Crippen molar-refractivity contribution in [3.05, 3.63) is 70.5 Å². The van der Waals surface area contributed by atoms with E-state index < -0.39 is 11.9 Å². The molecule has 108 valence electrons. The van der Waals surface area contributed by atoms with E-state index in [0.717, 1.165) is 18.4 Å². The molecule has 0 radical (unpaired) electrons. The van der Waals surface area contributed by atoms with Crippen LogP contribution in [0.1, 0.15) is 39.6 Å². The van der Waals surface area contributed by atoms with E-state index in [-0.39, 0.29) is 11.5 Å². The smallest absolute Gasteiger partial charge is 0.251 e. The molecule has 3 rings (SSSR count). The maximum Gasteiger partial charge on any atom is 0.251 e. The molecule has 4 heteroatoms. The zero-order valence-corrected chi connectivity index (χ0v) is 11.5. The van der Waals surface area contributed by atoms with Crippen LogP contribution in [0.15, 0.2) is 42.5 Å². The van der Waals surface area contributed by atoms with Crippen LogP contribution in [0.25, 0.3) is 0 Å². The van der Waals surface area contributed by atoms with Gasteiger partial charge in [0.25, 0.3) is 5.91 Å². The summed E-state index contributed by atoms with van der Waals surface area (Å²) in [6.07, 6.45) is 0.644. The van der Waals surface area contributed by atoms with E-state index in [4.69, 9.17) is 0 Å². The Balaban J connectivity index is 2.00. The highest BCUT2D eigenvalue weighted by Crippen LogP contribution is 2.27. The average molecular weight is 285 g/mol. The fraction of sp³-hybridized carbons (Fsp3) is 0.235. The molecule has 1 atom stereocenters. The monoisotopic (exact) mass is 285 g/mol. The Morgan fingerprint density at radius 1 is 1.19 bits per heavy atom. The average Bonchev–Trinajstić information content (AvgIpc) is 2.69. The predicted molar refractivity (Wildman–Crippen MR) is 77.6 cm³/mol. The number of aliphatic hydroxyl groups is 1. The molecule has 0 aliphatic carbocycles. The van der Waals surface area contributed by atoms with Gasteiger partial charge >= 0.3 is 0 Å². The molecule has 2 aromatic rings. The maximum atomic E-state index is 13.8. The van der Waals surface area contributed by atoms with E-state index in [9.17, 15) is 14.3 Å². The minimum Gasteiger partial charge on any atom is -0.384 e. The highest BCUT2D eigenvalue weighted by atomic mass is 19.1. The quantitative estimate of drug-likeness (QED) is 0.891. The minimum absolute atomic E-state index is 0.134. The van der Waals surface area contributed by atoms with Gasteiger partial charge in [0.1, 0.15) is 11.9 Å². The first-order valence-corrected chi connectivity index (χ1v) is 7.00. The van der Waals surface area contributed by atoms with Gasteiger partial charge in [0, 0.05) is 17.7 Å². The van der Waals surface area contributed by atoms with E-state index in [1.54, 1.807) is 30.3 Å². The van der Waals surface area contributed by atoms with E-state index in [1.165, 1.54) is 6.07 Å². The summed E-state index contributed by atoms with van der Waals surface area (Å²) in [6, 6.07) is 11.4. The van der Waals surface area contributed by atoms with E-state index in [1.807, 2.05) is 6.07 Å². The Morgan fingerprint density at radius 3 is 2.81 bits per heavy atom. The zero-order valence-electron chi connectivity index (χ0n) is 11.5. The molecule has 1 unspecified atom stereocenters. The number of hydrogen-bond donors (Lipinski definition) is 2. The second-order valence-corrected chi connectivity index (χ2v) is 5.20. The van der Waals surface area contributed by atoms with Gasteiger partial charge in [0.2, 0.25) is 0 Å². The number of rotatable bonds is 2. The van der Waals surface area contributed by atoms with Crippen LogP contribution in [-0.2, 0) is 6.42 Å². The third-order valence-corrected chi connectivity index (χ3v) is 3.80. The SMILES string of the molecule is O=C1NCCCc2ccc(C(O)c3ccccc3F)cc21. The molecule has 0 spiro atoms. The number of amides is 1. The van der Waals surface area contributed by atoms with Crippen molar-refractivity contribution in [2.45, 2.75) is 18.9 Å². The molecule has 21 heavy (non-hydrogen) atoms. The summed E-state index contributed by atoms with van der Waals surface area (Å²) in [5, 5.41) is 13.2. The lowest BCUT2D eigenvalue weighted by Crippen LogP contribution is -2.22. The van der Waals surface area contributed by atoms with Crippen molar-refractivity contribution >= 4 is 5.91 Å². The summed E-state index contributed by atoms with van der Waals surface area (Å²) in [6.45, 7) is 0.652. The number of aryl methyl sites for hydroxylation is 1. The second kappa shape index (κ2) is 5.66. The van der Waals surface area contributed by atoms with Crippen molar-refractivity contribution in [1.29, 1.82) is 0 Å². The van der Waals surface area contributed by atoms with Crippen LogP contribution in [0.3, 0.4) is 0 Å². The van der Waals surface area contributed by atoms with Crippen molar-refractivity contribution in [2.75, 3.05) is 6.54 Å². The van der Waals surface area contributed by atoms with Crippen LogP contribution in [0, 0.1) is 5.82 Å². The molecule has 0 saturated carbocycles. The molecule has 0 saturated heterocycles. The van der Waals surface area contributed by atoms with Crippen LogP contribution < -0.4 is 5.32 Å². The van der Waals surface area contributed by atoms with Gasteiger partial charge in [-0.15, -0.1) is 0 Å². The van der Waals surface area contributed by atoms with Crippen LogP contribution in [0.2, 0.25) is 0 Å². The number of benzene rings is 2. The molecular formula is C17H16FNO2. The van der Waals surface area contributed by atoms with Gasteiger partial charge in [-0.25, -0.2) is 4.39 Å². The topological polar surface area (TPSA) is 49.3 Å². The summed E-state index contributed by atoms with van der Waals surface area (Å²) in [5.41, 5.74) is 2.28. The first-order valence-electron chi connectivity index (χ1n) is 7.00. The van der Waals surface area contributed by atoms with Gasteiger partial charge in [-0.05, 0) is 36.1 Å². The Labute approximate surface area is 122 Å². The number of aliphatic hydroxyl groups excluding tert-OH is 1. The third-order valence-electron chi connectivity index (χ3n) is 3.80. The van der Waals surface area contributed by atoms with Gasteiger partial charge in [-0.1, -0.05) is 30.3 Å². The van der Waals surface area contributed by atoms with Crippen molar-refractivity contribution in [3.63, 3.8) is 0 Å². The van der Waals surface area contributed by atoms with Crippen molar-refractivity contribution in [2.24, 2.45) is 0 Å². The molecule has 1 aliphatic heterocycles. The van der Waals surface area contributed by atoms with Crippen LogP contribution in [0.4, 0.5) is 4.39 Å². The lowest BCUT2D eigenvalue weighted by atomic mass is 9.95. The number of carbonyl (C=O) groups excluding carboxylic acids is 1. The number of carbonyl (C=O) groups is 1. The number of fused-ring (bicyclic) bond motifs is 1. The lowest BCUT2D eigenvalue weighted by molar-refractivity contribution is 0.0956. The highest BCUT2D eigenvalue weighted by Gasteiger charge is 2.19. The lowest BCUT2D eigenvalue weighted by Gasteiger charge is -2.14. The first kappa shape index (κ1) is 13.8. The maximum absolute atomic E-state index is 13.8. The number of hydrogen-bond acceptors (Lipinski definition) is 2. The number of nitrogens with one attached hydrogen (secondary N) is 1. The van der Waals surface area contributed by atoms with Crippen LogP contribution >= 0.6 is 0 Å². The summed E-state index contributed by atoms with van der Waals surface area (Å²) in [5.74, 6) is -0.588. The summed E-state index contributed by atoms with van der Waals surface area (Å²) in [7, 11) is 0. The predicted octanol–water partition coefficient (Wildman–Crippen LogP) is 2.58. The molecule has 0 bridgehead atoms. The molecule has 1 amide bonds. The summed E-state index contributed by atoms with van der Waals surface area (Å²) in [4.78, 5) is 12.0. The molecule has 3 nitrogen and oxygen atoms in total. The van der Waals surface area contributed by atoms with Crippen molar-refractivity contribution in [3.8, 4) is 0 Å². The van der Waals surface area contributed by atoms with Crippen molar-refractivity contribution in [1.82, 2.24) is 5.32 Å². The van der Waals surface area contributed by atoms with Crippen LogP contribution in [-0.4, -0.2) is 17.6 Å². The van der Waals surface area contributed by atoms with Gasteiger partial charge in [-0.3, -0.25) is 4.79 Å². The zero-order chi connectivity index (χ0) is 14.8. The fourth-order valence-corrected chi connectivity index (χ4v) is 2.65. The van der Waals surface area contributed by atoms with Gasteiger partial charge in [0.15, 0.2) is 0 Å². The summed E-state index contributed by atoms with van der Waals surface area (Å²) < 4.78 is 13.8. The van der Waals surface area contributed by atoms with E-state index in [0.29, 0.717) is 17.7 Å². The largest absolute Gasteiger partial charge is 0.384 e. The molecule has 0 fully saturated rings. The number of halogens is 1. The van der Waals surface area contributed by atoms with Gasteiger partial charge in [-0.2, -0.15) is 0 Å². The molecular weight excluding hydrogens is 269 g/mol. The van der Waals surface area contributed by atoms with Gasteiger partial charge in [0.05, 0.1) is 0 Å². The fourth-order valence-electron chi connectivity index (χ4n) is 2.65. The highest BCUT2D eigenvalue weighted by molar-refractivity contribution is 5.96. The first-order chi connectivity index (χ1) is 10.2. The van der Waals surface area contributed by atoms with Gasteiger partial charge < -0.3 is 10.4 Å².